The SMILES string of the molecule is CCCOC1CCCN(c2ccc([N+](=O)[O-])c(CCl)c2)C1. The Morgan fingerprint density at radius 1 is 1.52 bits per heavy atom. The number of halogens is 1. The maximum Gasteiger partial charge on any atom is 0.273 e. The van der Waals surface area contributed by atoms with Crippen LogP contribution in [0.1, 0.15) is 31.7 Å². The molecule has 1 fully saturated rings. The van der Waals surface area contributed by atoms with Crippen LogP contribution in [0.15, 0.2) is 18.2 Å². The molecule has 0 spiro atoms. The van der Waals surface area contributed by atoms with Gasteiger partial charge in [0.15, 0.2) is 0 Å². The minimum absolute atomic E-state index is 0.0875. The van der Waals surface area contributed by atoms with Crippen LogP contribution in [0, 0.1) is 10.1 Å². The van der Waals surface area contributed by atoms with E-state index >= 15 is 0 Å². The number of anilines is 1. The third kappa shape index (κ3) is 4.08. The Morgan fingerprint density at radius 3 is 3.00 bits per heavy atom. The summed E-state index contributed by atoms with van der Waals surface area (Å²) in [6.45, 7) is 4.67. The van der Waals surface area contributed by atoms with Crippen LogP contribution in [0.3, 0.4) is 0 Å². The number of benzene rings is 1. The predicted octanol–water partition coefficient (Wildman–Crippen LogP) is 3.73. The highest BCUT2D eigenvalue weighted by molar-refractivity contribution is 6.17. The molecule has 21 heavy (non-hydrogen) atoms. The highest BCUT2D eigenvalue weighted by Crippen LogP contribution is 2.28. The summed E-state index contributed by atoms with van der Waals surface area (Å²) in [4.78, 5) is 12.8. The maximum absolute atomic E-state index is 11.0. The summed E-state index contributed by atoms with van der Waals surface area (Å²) in [7, 11) is 0. The number of piperidine rings is 1. The second-order valence-corrected chi connectivity index (χ2v) is 5.55. The molecule has 1 aromatic carbocycles. The summed E-state index contributed by atoms with van der Waals surface area (Å²) in [6.07, 6.45) is 3.41. The van der Waals surface area contributed by atoms with Gasteiger partial charge in [0.05, 0.1) is 16.9 Å². The van der Waals surface area contributed by atoms with Crippen molar-refractivity contribution in [3.05, 3.63) is 33.9 Å². The molecule has 1 aliphatic rings. The number of nitrogens with zero attached hydrogens (tertiary/aromatic N) is 2. The quantitative estimate of drug-likeness (QED) is 0.456. The van der Waals surface area contributed by atoms with Gasteiger partial charge in [-0.15, -0.1) is 11.6 Å². The Labute approximate surface area is 130 Å². The van der Waals surface area contributed by atoms with Crippen molar-refractivity contribution in [2.45, 2.75) is 38.2 Å². The number of nitro groups is 1. The van der Waals surface area contributed by atoms with Crippen molar-refractivity contribution in [3.63, 3.8) is 0 Å². The van der Waals surface area contributed by atoms with E-state index in [1.54, 1.807) is 12.1 Å². The van der Waals surface area contributed by atoms with Crippen LogP contribution >= 0.6 is 11.6 Å². The average Bonchev–Trinajstić information content (AvgIpc) is 2.52. The zero-order valence-electron chi connectivity index (χ0n) is 12.3. The molecule has 0 N–H and O–H groups in total. The Kier molecular flexibility index (Phi) is 5.82. The molecule has 1 unspecified atom stereocenters. The third-order valence-corrected chi connectivity index (χ3v) is 3.99. The van der Waals surface area contributed by atoms with Crippen LogP contribution in [0.5, 0.6) is 0 Å². The lowest BCUT2D eigenvalue weighted by atomic mass is 10.1. The van der Waals surface area contributed by atoms with Gasteiger partial charge in [-0.3, -0.25) is 10.1 Å². The summed E-state index contributed by atoms with van der Waals surface area (Å²) in [5, 5.41) is 11.0. The second-order valence-electron chi connectivity index (χ2n) is 5.28. The van der Waals surface area contributed by atoms with Gasteiger partial charge in [-0.1, -0.05) is 6.92 Å². The van der Waals surface area contributed by atoms with E-state index in [9.17, 15) is 10.1 Å². The average molecular weight is 313 g/mol. The lowest BCUT2D eigenvalue weighted by molar-refractivity contribution is -0.385. The smallest absolute Gasteiger partial charge is 0.273 e. The van der Waals surface area contributed by atoms with E-state index in [-0.39, 0.29) is 22.6 Å². The number of ether oxygens (including phenoxy) is 1. The van der Waals surface area contributed by atoms with Crippen LogP contribution < -0.4 is 4.90 Å². The largest absolute Gasteiger partial charge is 0.376 e. The third-order valence-electron chi connectivity index (χ3n) is 3.70. The molecule has 0 saturated carbocycles. The molecule has 0 radical (unpaired) electrons. The van der Waals surface area contributed by atoms with Crippen molar-refractivity contribution in [1.29, 1.82) is 0 Å². The fourth-order valence-electron chi connectivity index (χ4n) is 2.65. The van der Waals surface area contributed by atoms with Gasteiger partial charge in [0.25, 0.3) is 5.69 Å². The summed E-state index contributed by atoms with van der Waals surface area (Å²) in [6, 6.07) is 5.17. The van der Waals surface area contributed by atoms with Gasteiger partial charge < -0.3 is 9.64 Å². The lowest BCUT2D eigenvalue weighted by Gasteiger charge is -2.34. The van der Waals surface area contributed by atoms with E-state index in [0.29, 0.717) is 5.56 Å². The number of nitro benzene ring substituents is 1. The molecular weight excluding hydrogens is 292 g/mol. The first kappa shape index (κ1) is 16.0. The molecule has 0 aliphatic carbocycles. The lowest BCUT2D eigenvalue weighted by Crippen LogP contribution is -2.39. The molecule has 1 heterocycles. The van der Waals surface area contributed by atoms with Crippen molar-refractivity contribution in [2.24, 2.45) is 0 Å². The second kappa shape index (κ2) is 7.61. The zero-order chi connectivity index (χ0) is 15.2. The minimum Gasteiger partial charge on any atom is -0.376 e. The Balaban J connectivity index is 2.12. The van der Waals surface area contributed by atoms with E-state index in [4.69, 9.17) is 16.3 Å². The monoisotopic (exact) mass is 312 g/mol. The van der Waals surface area contributed by atoms with Crippen molar-refractivity contribution in [2.75, 3.05) is 24.6 Å². The zero-order valence-corrected chi connectivity index (χ0v) is 13.0. The molecule has 0 bridgehead atoms. The van der Waals surface area contributed by atoms with E-state index in [1.165, 1.54) is 0 Å². The molecular formula is C15H21ClN2O3. The molecule has 0 aromatic heterocycles. The van der Waals surface area contributed by atoms with E-state index in [0.717, 1.165) is 44.6 Å². The molecule has 1 aliphatic heterocycles. The van der Waals surface area contributed by atoms with Crippen LogP contribution in [-0.2, 0) is 10.6 Å². The van der Waals surface area contributed by atoms with Crippen LogP contribution in [0.4, 0.5) is 11.4 Å². The van der Waals surface area contributed by atoms with Crippen LogP contribution in [-0.4, -0.2) is 30.7 Å². The molecule has 1 atom stereocenters. The first-order valence-corrected chi connectivity index (χ1v) is 7.89. The highest BCUT2D eigenvalue weighted by atomic mass is 35.5. The normalized spacial score (nSPS) is 18.8. The van der Waals surface area contributed by atoms with Crippen LogP contribution in [0.2, 0.25) is 0 Å². The highest BCUT2D eigenvalue weighted by Gasteiger charge is 2.22. The van der Waals surface area contributed by atoms with Crippen molar-refractivity contribution < 1.29 is 9.66 Å². The molecule has 116 valence electrons. The van der Waals surface area contributed by atoms with Gasteiger partial charge in [-0.05, 0) is 31.4 Å². The van der Waals surface area contributed by atoms with Crippen LogP contribution in [0.25, 0.3) is 0 Å². The standard InChI is InChI=1S/C15H21ClN2O3/c1-2-8-21-14-4-3-7-17(11-14)13-5-6-15(18(19)20)12(9-13)10-16/h5-6,9,14H,2-4,7-8,10-11H2,1H3. The van der Waals surface area contributed by atoms with Gasteiger partial charge >= 0.3 is 0 Å². The van der Waals surface area contributed by atoms with E-state index < -0.39 is 0 Å². The number of hydrogen-bond donors (Lipinski definition) is 0. The summed E-state index contributed by atoms with van der Waals surface area (Å²) < 4.78 is 5.83. The van der Waals surface area contributed by atoms with Gasteiger partial charge in [-0.2, -0.15) is 0 Å². The van der Waals surface area contributed by atoms with Crippen molar-refractivity contribution in [1.82, 2.24) is 0 Å². The predicted molar refractivity (Wildman–Crippen MR) is 84.1 cm³/mol. The van der Waals surface area contributed by atoms with Crippen molar-refractivity contribution >= 4 is 23.0 Å². The molecule has 6 heteroatoms. The fraction of sp³-hybridized carbons (Fsp3) is 0.600. The molecule has 5 nitrogen and oxygen atoms in total. The number of rotatable bonds is 6. The Morgan fingerprint density at radius 2 is 2.33 bits per heavy atom. The minimum atomic E-state index is -0.384. The fourth-order valence-corrected chi connectivity index (χ4v) is 2.86. The molecule has 0 amide bonds. The maximum atomic E-state index is 11.0. The van der Waals surface area contributed by atoms with E-state index in [2.05, 4.69) is 11.8 Å². The molecule has 2 rings (SSSR count). The summed E-state index contributed by atoms with van der Waals surface area (Å²) >= 11 is 5.84. The number of alkyl halides is 1. The van der Waals surface area contributed by atoms with E-state index in [1.807, 2.05) is 6.07 Å². The van der Waals surface area contributed by atoms with Gasteiger partial charge in [0.2, 0.25) is 0 Å². The summed E-state index contributed by atoms with van der Waals surface area (Å²) in [5.41, 5.74) is 1.64. The Hall–Kier alpha value is -1.33. The van der Waals surface area contributed by atoms with Gasteiger partial charge in [0, 0.05) is 37.0 Å². The van der Waals surface area contributed by atoms with Gasteiger partial charge in [-0.25, -0.2) is 0 Å². The first-order valence-electron chi connectivity index (χ1n) is 7.35. The van der Waals surface area contributed by atoms with Gasteiger partial charge in [0.1, 0.15) is 0 Å². The Bertz CT molecular complexity index is 496. The topological polar surface area (TPSA) is 55.6 Å². The summed E-state index contributed by atoms with van der Waals surface area (Å²) in [5.74, 6) is 0.147. The molecule has 1 saturated heterocycles. The van der Waals surface area contributed by atoms with Crippen molar-refractivity contribution in [3.8, 4) is 0 Å². The molecule has 1 aromatic rings. The first-order chi connectivity index (χ1) is 10.2. The number of hydrogen-bond acceptors (Lipinski definition) is 4.